The van der Waals surface area contributed by atoms with E-state index in [9.17, 15) is 14.0 Å². The quantitative estimate of drug-likeness (QED) is 0.325. The van der Waals surface area contributed by atoms with E-state index in [1.165, 1.54) is 6.92 Å². The zero-order valence-corrected chi connectivity index (χ0v) is 16.7. The van der Waals surface area contributed by atoms with Gasteiger partial charge in [0.1, 0.15) is 12.8 Å². The van der Waals surface area contributed by atoms with Crippen molar-refractivity contribution < 1.29 is 37.7 Å². The molecule has 0 aliphatic heterocycles. The van der Waals surface area contributed by atoms with Crippen LogP contribution < -0.4 is 5.32 Å². The molecule has 9 heteroatoms. The van der Waals surface area contributed by atoms with Gasteiger partial charge in [0.05, 0.1) is 65.5 Å². The van der Waals surface area contributed by atoms with Crippen molar-refractivity contribution in [2.75, 3.05) is 66.0 Å². The summed E-state index contributed by atoms with van der Waals surface area (Å²) in [5.41, 5.74) is 0. The van der Waals surface area contributed by atoms with Crippen LogP contribution in [0.15, 0.2) is 0 Å². The highest BCUT2D eigenvalue weighted by Gasteiger charge is 2.16. The second-order valence-electron chi connectivity index (χ2n) is 5.81. The normalized spacial score (nSPS) is 13.3. The zero-order chi connectivity index (χ0) is 20.3. The van der Waals surface area contributed by atoms with Gasteiger partial charge in [-0.15, -0.1) is 0 Å². The van der Waals surface area contributed by atoms with E-state index in [1.54, 1.807) is 13.8 Å². The number of halogens is 1. The topological polar surface area (TPSA) is 92.3 Å². The standard InChI is InChI=1S/C18H34FNO7/c1-4-17(22)14-26-10-9-24-6-5-23-7-8-25-11-12-27-15(2)18(19)13-20-16(3)21/h15,18H,4-14H2,1-3H3,(H,20,21). The lowest BCUT2D eigenvalue weighted by Crippen LogP contribution is -2.35. The molecule has 0 heterocycles. The van der Waals surface area contributed by atoms with E-state index in [4.69, 9.17) is 23.7 Å². The number of nitrogens with one attached hydrogen (secondary N) is 1. The monoisotopic (exact) mass is 395 g/mol. The lowest BCUT2D eigenvalue weighted by Gasteiger charge is -2.17. The van der Waals surface area contributed by atoms with Gasteiger partial charge in [-0.25, -0.2) is 4.39 Å². The van der Waals surface area contributed by atoms with Crippen molar-refractivity contribution in [2.24, 2.45) is 0 Å². The Morgan fingerprint density at radius 1 is 0.889 bits per heavy atom. The summed E-state index contributed by atoms with van der Waals surface area (Å²) in [7, 11) is 0. The van der Waals surface area contributed by atoms with Crippen LogP contribution in [-0.4, -0.2) is 90.0 Å². The highest BCUT2D eigenvalue weighted by molar-refractivity contribution is 5.79. The number of alkyl halides is 1. The highest BCUT2D eigenvalue weighted by Crippen LogP contribution is 2.02. The number of rotatable bonds is 19. The number of ether oxygens (including phenoxy) is 5. The maximum atomic E-state index is 13.6. The highest BCUT2D eigenvalue weighted by atomic mass is 19.1. The molecule has 0 saturated carbocycles. The molecule has 0 aliphatic carbocycles. The van der Waals surface area contributed by atoms with Gasteiger partial charge in [0, 0.05) is 13.3 Å². The molecule has 8 nitrogen and oxygen atoms in total. The number of carbonyl (C=O) groups is 2. The SMILES string of the molecule is CCC(=O)COCCOCCOCCOCCOC(C)C(F)CNC(C)=O. The fourth-order valence-electron chi connectivity index (χ4n) is 1.75. The maximum Gasteiger partial charge on any atom is 0.216 e. The van der Waals surface area contributed by atoms with Crippen LogP contribution >= 0.6 is 0 Å². The van der Waals surface area contributed by atoms with Crippen molar-refractivity contribution in [3.8, 4) is 0 Å². The molecule has 0 rings (SSSR count). The summed E-state index contributed by atoms with van der Waals surface area (Å²) in [4.78, 5) is 21.7. The molecule has 0 aromatic carbocycles. The molecule has 27 heavy (non-hydrogen) atoms. The predicted octanol–water partition coefficient (Wildman–Crippen LogP) is 0.911. The van der Waals surface area contributed by atoms with Crippen molar-refractivity contribution in [1.82, 2.24) is 5.32 Å². The van der Waals surface area contributed by atoms with Gasteiger partial charge in [0.15, 0.2) is 5.78 Å². The van der Waals surface area contributed by atoms with Crippen molar-refractivity contribution >= 4 is 11.7 Å². The smallest absolute Gasteiger partial charge is 0.216 e. The molecular weight excluding hydrogens is 361 g/mol. The van der Waals surface area contributed by atoms with Crippen LogP contribution in [0.4, 0.5) is 4.39 Å². The van der Waals surface area contributed by atoms with Gasteiger partial charge < -0.3 is 29.0 Å². The fraction of sp³-hybridized carbons (Fsp3) is 0.889. The van der Waals surface area contributed by atoms with Crippen LogP contribution in [0, 0.1) is 0 Å². The zero-order valence-electron chi connectivity index (χ0n) is 16.7. The van der Waals surface area contributed by atoms with Crippen LogP contribution in [0.5, 0.6) is 0 Å². The molecule has 0 saturated heterocycles. The van der Waals surface area contributed by atoms with Gasteiger partial charge in [0.25, 0.3) is 0 Å². The number of carbonyl (C=O) groups excluding carboxylic acids is 2. The minimum absolute atomic E-state index is 0.0593. The molecule has 0 bridgehead atoms. The van der Waals surface area contributed by atoms with E-state index in [2.05, 4.69) is 5.32 Å². The predicted molar refractivity (Wildman–Crippen MR) is 97.6 cm³/mol. The average molecular weight is 395 g/mol. The summed E-state index contributed by atoms with van der Waals surface area (Å²) in [5.74, 6) is -0.192. The van der Waals surface area contributed by atoms with Crippen LogP contribution in [0.3, 0.4) is 0 Å². The second-order valence-corrected chi connectivity index (χ2v) is 5.81. The van der Waals surface area contributed by atoms with Crippen molar-refractivity contribution in [1.29, 1.82) is 0 Å². The lowest BCUT2D eigenvalue weighted by atomic mass is 10.2. The Morgan fingerprint density at radius 2 is 1.37 bits per heavy atom. The first-order valence-corrected chi connectivity index (χ1v) is 9.30. The van der Waals surface area contributed by atoms with E-state index in [0.29, 0.717) is 52.7 Å². The van der Waals surface area contributed by atoms with Crippen LogP contribution in [0.2, 0.25) is 0 Å². The second kappa shape index (κ2) is 18.2. The van der Waals surface area contributed by atoms with Crippen molar-refractivity contribution in [3.63, 3.8) is 0 Å². The van der Waals surface area contributed by atoms with Gasteiger partial charge in [0.2, 0.25) is 5.91 Å². The third-order valence-electron chi connectivity index (χ3n) is 3.44. The third-order valence-corrected chi connectivity index (χ3v) is 3.44. The molecule has 1 N–H and O–H groups in total. The van der Waals surface area contributed by atoms with E-state index in [0.717, 1.165) is 0 Å². The summed E-state index contributed by atoms with van der Waals surface area (Å²) >= 11 is 0. The van der Waals surface area contributed by atoms with Gasteiger partial charge >= 0.3 is 0 Å². The molecule has 0 aromatic rings. The Morgan fingerprint density at radius 3 is 1.85 bits per heavy atom. The molecular formula is C18H34FNO7. The van der Waals surface area contributed by atoms with E-state index >= 15 is 0 Å². The molecule has 0 aromatic heterocycles. The summed E-state index contributed by atoms with van der Waals surface area (Å²) in [6.07, 6.45) is -1.38. The third kappa shape index (κ3) is 18.0. The Bertz CT molecular complexity index is 385. The molecule has 0 aliphatic rings. The number of hydrogen-bond donors (Lipinski definition) is 1. The summed E-state index contributed by atoms with van der Waals surface area (Å²) < 4.78 is 40.0. The Kier molecular flexibility index (Phi) is 17.5. The van der Waals surface area contributed by atoms with Gasteiger partial charge in [-0.05, 0) is 6.92 Å². The Balaban J connectivity index is 3.26. The number of amides is 1. The van der Waals surface area contributed by atoms with Crippen LogP contribution in [0.1, 0.15) is 27.2 Å². The number of Topliss-reactive ketones (excluding diaryl/α,β-unsaturated/α-hetero) is 1. The lowest BCUT2D eigenvalue weighted by molar-refractivity contribution is -0.124. The first kappa shape index (κ1) is 25.9. The molecule has 0 fully saturated rings. The fourth-order valence-corrected chi connectivity index (χ4v) is 1.75. The first-order chi connectivity index (χ1) is 13.0. The Labute approximate surface area is 161 Å². The van der Waals surface area contributed by atoms with E-state index < -0.39 is 12.3 Å². The summed E-state index contributed by atoms with van der Waals surface area (Å²) in [6.45, 7) is 7.96. The summed E-state index contributed by atoms with van der Waals surface area (Å²) in [5, 5.41) is 2.41. The van der Waals surface area contributed by atoms with E-state index in [-0.39, 0.29) is 31.4 Å². The van der Waals surface area contributed by atoms with Crippen LogP contribution in [0.25, 0.3) is 0 Å². The first-order valence-electron chi connectivity index (χ1n) is 9.30. The minimum Gasteiger partial charge on any atom is -0.377 e. The molecule has 1 amide bonds. The van der Waals surface area contributed by atoms with Gasteiger partial charge in [-0.3, -0.25) is 9.59 Å². The molecule has 160 valence electrons. The summed E-state index contributed by atoms with van der Waals surface area (Å²) in [6, 6.07) is 0. The Hall–Kier alpha value is -1.13. The largest absolute Gasteiger partial charge is 0.377 e. The molecule has 2 unspecified atom stereocenters. The van der Waals surface area contributed by atoms with Crippen LogP contribution in [-0.2, 0) is 33.3 Å². The van der Waals surface area contributed by atoms with Crippen molar-refractivity contribution in [3.05, 3.63) is 0 Å². The van der Waals surface area contributed by atoms with Crippen molar-refractivity contribution in [2.45, 2.75) is 39.5 Å². The minimum atomic E-state index is -1.25. The molecule has 0 radical (unpaired) electrons. The van der Waals surface area contributed by atoms with Gasteiger partial charge in [-0.1, -0.05) is 6.92 Å². The molecule has 0 spiro atoms. The van der Waals surface area contributed by atoms with Gasteiger partial charge in [-0.2, -0.15) is 0 Å². The number of ketones is 1. The molecule has 2 atom stereocenters. The number of hydrogen-bond acceptors (Lipinski definition) is 7. The van der Waals surface area contributed by atoms with E-state index in [1.807, 2.05) is 0 Å². The maximum absolute atomic E-state index is 13.6. The average Bonchev–Trinajstić information content (AvgIpc) is 2.65.